The molecular formula is C34H52N3O8+. The summed E-state index contributed by atoms with van der Waals surface area (Å²) >= 11 is 0. The molecular weight excluding hydrogens is 578 g/mol. The highest BCUT2D eigenvalue weighted by Gasteiger charge is 2.33. The lowest BCUT2D eigenvalue weighted by atomic mass is 9.85. The minimum atomic E-state index is -0.927. The summed E-state index contributed by atoms with van der Waals surface area (Å²) in [6.07, 6.45) is 5.39. The predicted octanol–water partition coefficient (Wildman–Crippen LogP) is 2.53. The molecule has 1 amide bonds. The number of carbonyl (C=O) groups is 4. The molecule has 0 aromatic heterocycles. The van der Waals surface area contributed by atoms with Gasteiger partial charge in [-0.3, -0.25) is 19.2 Å². The summed E-state index contributed by atoms with van der Waals surface area (Å²) in [6.45, 7) is 9.65. The molecule has 0 fully saturated rings. The third kappa shape index (κ3) is 11.2. The zero-order valence-corrected chi connectivity index (χ0v) is 28.4. The summed E-state index contributed by atoms with van der Waals surface area (Å²) in [5.74, 6) is -2.45. The van der Waals surface area contributed by atoms with Gasteiger partial charge in [-0.1, -0.05) is 38.2 Å². The van der Waals surface area contributed by atoms with E-state index in [9.17, 15) is 24.3 Å². The molecule has 11 heteroatoms. The number of hydrogen-bond acceptors (Lipinski definition) is 9. The number of carbonyl (C=O) groups excluding carboxylic acids is 4. The van der Waals surface area contributed by atoms with E-state index < -0.39 is 53.8 Å². The molecule has 0 radical (unpaired) electrons. The number of nitrogens with zero attached hydrogens (tertiary/aromatic N) is 1. The highest BCUT2D eigenvalue weighted by molar-refractivity contribution is 6.23. The number of ketones is 2. The van der Waals surface area contributed by atoms with Crippen LogP contribution in [-0.2, 0) is 33.4 Å². The number of quaternary nitrogens is 1. The number of Topliss-reactive ketones (excluding diaryl/α,β-unsaturated/α-hetero) is 1. The highest BCUT2D eigenvalue weighted by Crippen LogP contribution is 2.29. The van der Waals surface area contributed by atoms with Gasteiger partial charge in [-0.2, -0.15) is 0 Å². The Morgan fingerprint density at radius 3 is 2.36 bits per heavy atom. The van der Waals surface area contributed by atoms with Gasteiger partial charge in [0.1, 0.15) is 6.10 Å². The van der Waals surface area contributed by atoms with Crippen LogP contribution in [0, 0.1) is 11.8 Å². The zero-order chi connectivity index (χ0) is 34.1. The van der Waals surface area contributed by atoms with Gasteiger partial charge in [0.15, 0.2) is 6.10 Å². The number of aliphatic hydroxyl groups is 1. The van der Waals surface area contributed by atoms with E-state index in [1.165, 1.54) is 21.1 Å². The molecule has 1 aliphatic carbocycles. The van der Waals surface area contributed by atoms with E-state index in [-0.39, 0.29) is 34.9 Å². The second-order valence-electron chi connectivity index (χ2n) is 13.0. The van der Waals surface area contributed by atoms with Crippen molar-refractivity contribution in [2.75, 3.05) is 48.5 Å². The van der Waals surface area contributed by atoms with Crippen LogP contribution in [0.1, 0.15) is 47.5 Å². The molecule has 1 heterocycles. The Morgan fingerprint density at radius 1 is 1.11 bits per heavy atom. The number of ether oxygens (including phenoxy) is 3. The van der Waals surface area contributed by atoms with Crippen molar-refractivity contribution in [3.63, 3.8) is 0 Å². The van der Waals surface area contributed by atoms with E-state index >= 15 is 0 Å². The Hall–Kier alpha value is -3.38. The minimum absolute atomic E-state index is 0.0968. The second kappa shape index (κ2) is 16.8. The summed E-state index contributed by atoms with van der Waals surface area (Å²) in [5, 5.41) is 17.1. The molecule has 2 aliphatic rings. The van der Waals surface area contributed by atoms with Crippen molar-refractivity contribution < 1.29 is 43.0 Å². The maximum absolute atomic E-state index is 13.8. The van der Waals surface area contributed by atoms with Crippen molar-refractivity contribution >= 4 is 23.4 Å². The molecule has 0 saturated heterocycles. The first-order valence-electron chi connectivity index (χ1n) is 15.3. The number of fused-ring (bicyclic) bond motifs is 2. The largest absolute Gasteiger partial charge is 0.455 e. The smallest absolute Gasteiger partial charge is 0.303 e. The molecule has 0 unspecified atom stereocenters. The SMILES string of the molecule is CO[C@H]1/C=C\C=C(/C)C(=O)NC2=CC(=O)C(NCC[N+](C)(C)C)=C(C[C@@H](C)C[C@H](OC)[C@H](O)[C@@H](C)/C=C(\C)[C@@H]1OC(C)=O)C2=O. The lowest BCUT2D eigenvalue weighted by Gasteiger charge is -2.30. The lowest BCUT2D eigenvalue weighted by molar-refractivity contribution is -0.869. The standard InChI is InChI=1S/C34H51N3O8/c1-20-16-25-30(35-14-15-37(6,7)8)27(39)19-26(32(25)41)36-34(42)21(2)12-11-13-28(43-9)33(45-24(5)38)23(4)18-22(3)31(40)29(17-20)44-10/h11-13,18-20,22,28-29,31,33,40H,14-17H2,1-10H3,(H-,35,36,39,41,42)/p+1/b13-11-,21-12+,23-18+/t20-,22+,28+,29+,31-,33+/m1/s1. The highest BCUT2D eigenvalue weighted by atomic mass is 16.6. The van der Waals surface area contributed by atoms with Crippen LogP contribution in [0.5, 0.6) is 0 Å². The van der Waals surface area contributed by atoms with Crippen molar-refractivity contribution in [2.45, 2.75) is 71.9 Å². The van der Waals surface area contributed by atoms with Crippen LogP contribution in [0.3, 0.4) is 0 Å². The van der Waals surface area contributed by atoms with Crippen LogP contribution in [0.25, 0.3) is 0 Å². The molecule has 11 nitrogen and oxygen atoms in total. The Balaban J connectivity index is 2.60. The third-order valence-corrected chi connectivity index (χ3v) is 7.93. The van der Waals surface area contributed by atoms with Gasteiger partial charge in [-0.15, -0.1) is 0 Å². The molecule has 0 aromatic carbocycles. The van der Waals surface area contributed by atoms with Crippen LogP contribution in [-0.4, -0.2) is 106 Å². The van der Waals surface area contributed by atoms with Gasteiger partial charge in [-0.05, 0) is 38.2 Å². The van der Waals surface area contributed by atoms with Crippen LogP contribution >= 0.6 is 0 Å². The molecule has 250 valence electrons. The number of allylic oxidation sites excluding steroid dienone is 4. The number of methoxy groups -OCH3 is 2. The van der Waals surface area contributed by atoms with E-state index in [2.05, 4.69) is 10.6 Å². The number of aliphatic hydroxyl groups excluding tert-OH is 1. The van der Waals surface area contributed by atoms with Gasteiger partial charge in [0.25, 0.3) is 5.91 Å². The lowest BCUT2D eigenvalue weighted by Crippen LogP contribution is -2.42. The minimum Gasteiger partial charge on any atom is -0.455 e. The van der Waals surface area contributed by atoms with Gasteiger partial charge in [0.05, 0.1) is 57.8 Å². The van der Waals surface area contributed by atoms with Gasteiger partial charge in [0, 0.05) is 44.3 Å². The van der Waals surface area contributed by atoms with Crippen LogP contribution in [0.15, 0.2) is 58.5 Å². The van der Waals surface area contributed by atoms with Gasteiger partial charge in [0.2, 0.25) is 11.6 Å². The van der Waals surface area contributed by atoms with Gasteiger partial charge in [-0.25, -0.2) is 0 Å². The molecule has 0 spiro atoms. The van der Waals surface area contributed by atoms with E-state index in [1.54, 1.807) is 32.1 Å². The van der Waals surface area contributed by atoms with Crippen LogP contribution in [0.2, 0.25) is 0 Å². The van der Waals surface area contributed by atoms with Crippen molar-refractivity contribution in [1.82, 2.24) is 10.6 Å². The normalized spacial score (nSPS) is 30.8. The van der Waals surface area contributed by atoms with Crippen molar-refractivity contribution in [2.24, 2.45) is 11.8 Å². The van der Waals surface area contributed by atoms with Crippen LogP contribution in [0.4, 0.5) is 0 Å². The first-order valence-corrected chi connectivity index (χ1v) is 15.3. The Labute approximate surface area is 267 Å². The number of esters is 1. The molecule has 2 bridgehead atoms. The molecule has 45 heavy (non-hydrogen) atoms. The van der Waals surface area contributed by atoms with E-state index in [0.29, 0.717) is 29.6 Å². The molecule has 2 rings (SSSR count). The Bertz CT molecular complexity index is 1270. The molecule has 3 N–H and O–H groups in total. The topological polar surface area (TPSA) is 140 Å². The number of nitrogens with one attached hydrogen (secondary N) is 2. The average molecular weight is 631 g/mol. The fourth-order valence-corrected chi connectivity index (χ4v) is 5.35. The number of likely N-dealkylation sites (N-methyl/N-ethyl adjacent to an activating group) is 1. The van der Waals surface area contributed by atoms with Crippen LogP contribution < -0.4 is 10.6 Å². The van der Waals surface area contributed by atoms with Gasteiger partial charge < -0.3 is 34.4 Å². The summed E-state index contributed by atoms with van der Waals surface area (Å²) < 4.78 is 17.6. The summed E-state index contributed by atoms with van der Waals surface area (Å²) in [6, 6.07) is 0. The fraction of sp³-hybridized carbons (Fsp3) is 0.588. The van der Waals surface area contributed by atoms with Crippen molar-refractivity contribution in [3.05, 3.63) is 58.5 Å². The van der Waals surface area contributed by atoms with E-state index in [0.717, 1.165) is 6.08 Å². The molecule has 6 atom stereocenters. The predicted molar refractivity (Wildman–Crippen MR) is 172 cm³/mol. The van der Waals surface area contributed by atoms with E-state index in [1.807, 2.05) is 41.1 Å². The van der Waals surface area contributed by atoms with Crippen molar-refractivity contribution in [3.8, 4) is 0 Å². The fourth-order valence-electron chi connectivity index (χ4n) is 5.35. The summed E-state index contributed by atoms with van der Waals surface area (Å²) in [4.78, 5) is 52.2. The van der Waals surface area contributed by atoms with Gasteiger partial charge >= 0.3 is 5.97 Å². The quantitative estimate of drug-likeness (QED) is 0.168. The molecule has 0 aromatic rings. The average Bonchev–Trinajstić information content (AvgIpc) is 2.95. The number of rotatable bonds is 7. The maximum Gasteiger partial charge on any atom is 0.303 e. The Kier molecular flexibility index (Phi) is 14.1. The molecule has 1 aliphatic heterocycles. The summed E-state index contributed by atoms with van der Waals surface area (Å²) in [5.41, 5.74) is 1.36. The zero-order valence-electron chi connectivity index (χ0n) is 28.4. The monoisotopic (exact) mass is 630 g/mol. The first-order chi connectivity index (χ1) is 21.0. The second-order valence-corrected chi connectivity index (χ2v) is 13.0. The maximum atomic E-state index is 13.8. The molecule has 0 saturated carbocycles. The Morgan fingerprint density at radius 2 is 1.78 bits per heavy atom. The van der Waals surface area contributed by atoms with E-state index in [4.69, 9.17) is 14.2 Å². The summed E-state index contributed by atoms with van der Waals surface area (Å²) in [7, 11) is 9.10. The number of amides is 1. The third-order valence-electron chi connectivity index (χ3n) is 7.93. The first kappa shape index (κ1) is 37.8. The number of hydrogen-bond donors (Lipinski definition) is 3. The van der Waals surface area contributed by atoms with Crippen molar-refractivity contribution in [1.29, 1.82) is 0 Å².